The first kappa shape index (κ1) is 18.2. The molecule has 0 amide bonds. The molecular weight excluding hydrogens is 300 g/mol. The Bertz CT molecular complexity index is 705. The van der Waals surface area contributed by atoms with E-state index >= 15 is 0 Å². The summed E-state index contributed by atoms with van der Waals surface area (Å²) >= 11 is 0. The molecule has 0 spiro atoms. The number of aryl methyl sites for hydroxylation is 1. The smallest absolute Gasteiger partial charge is 0.169 e. The maximum atomic E-state index is 10.9. The Morgan fingerprint density at radius 2 is 1.29 bits per heavy atom. The maximum Gasteiger partial charge on any atom is 0.169 e. The van der Waals surface area contributed by atoms with E-state index in [1.165, 1.54) is 0 Å². The van der Waals surface area contributed by atoms with Crippen molar-refractivity contribution in [2.75, 3.05) is 0 Å². The third-order valence-electron chi connectivity index (χ3n) is 4.61. The third kappa shape index (κ3) is 3.50. The lowest BCUT2D eigenvalue weighted by atomic mass is 9.89. The Morgan fingerprint density at radius 1 is 0.750 bits per heavy atom. The van der Waals surface area contributed by atoms with Crippen molar-refractivity contribution in [1.29, 1.82) is 0 Å². The predicted octanol–water partition coefficient (Wildman–Crippen LogP) is 5.46. The number of aromatic hydroxyl groups is 3. The number of unbranched alkanes of at least 4 members (excludes halogenated alkanes) is 2. The molecule has 2 rings (SSSR count). The van der Waals surface area contributed by atoms with Gasteiger partial charge in [-0.05, 0) is 43.7 Å². The molecule has 0 bridgehead atoms. The molecule has 0 aliphatic carbocycles. The minimum absolute atomic E-state index is 0.0781. The van der Waals surface area contributed by atoms with Crippen LogP contribution in [-0.2, 0) is 12.8 Å². The zero-order valence-corrected chi connectivity index (χ0v) is 14.9. The average Bonchev–Trinajstić information content (AvgIpc) is 2.58. The molecular formula is C21H28O3. The molecule has 3 heteroatoms. The molecule has 0 atom stereocenters. The second kappa shape index (κ2) is 8.09. The number of phenolic OH excluding ortho intramolecular Hbond substituents is 3. The summed E-state index contributed by atoms with van der Waals surface area (Å²) in [7, 11) is 0. The zero-order chi connectivity index (χ0) is 17.7. The number of rotatable bonds is 7. The Balaban J connectivity index is 2.69. The molecule has 0 fully saturated rings. The van der Waals surface area contributed by atoms with Crippen molar-refractivity contribution in [2.24, 2.45) is 0 Å². The summed E-state index contributed by atoms with van der Waals surface area (Å²) in [5.74, 6) is -0.182. The first-order valence-electron chi connectivity index (χ1n) is 8.87. The quantitative estimate of drug-likeness (QED) is 0.467. The van der Waals surface area contributed by atoms with E-state index in [0.29, 0.717) is 24.0 Å². The molecule has 2 aromatic carbocycles. The summed E-state index contributed by atoms with van der Waals surface area (Å²) in [6.45, 7) is 6.12. The minimum Gasteiger partial charge on any atom is -0.507 e. The fourth-order valence-corrected chi connectivity index (χ4v) is 3.16. The first-order valence-corrected chi connectivity index (χ1v) is 8.87. The molecule has 0 heterocycles. The summed E-state index contributed by atoms with van der Waals surface area (Å²) in [5, 5.41) is 32.1. The number of benzene rings is 2. The molecule has 130 valence electrons. The fourth-order valence-electron chi connectivity index (χ4n) is 3.16. The molecule has 0 radical (unpaired) electrons. The summed E-state index contributed by atoms with van der Waals surface area (Å²) in [6, 6.07) is 7.58. The van der Waals surface area contributed by atoms with Gasteiger partial charge < -0.3 is 15.3 Å². The van der Waals surface area contributed by atoms with Crippen LogP contribution in [0.1, 0.15) is 56.2 Å². The van der Waals surface area contributed by atoms with Crippen LogP contribution < -0.4 is 0 Å². The summed E-state index contributed by atoms with van der Waals surface area (Å²) in [4.78, 5) is 0. The van der Waals surface area contributed by atoms with Gasteiger partial charge in [-0.15, -0.1) is 0 Å². The second-order valence-corrected chi connectivity index (χ2v) is 6.40. The Morgan fingerprint density at radius 3 is 1.83 bits per heavy atom. The topological polar surface area (TPSA) is 60.7 Å². The van der Waals surface area contributed by atoms with Gasteiger partial charge in [0, 0.05) is 11.1 Å². The van der Waals surface area contributed by atoms with Crippen molar-refractivity contribution in [3.63, 3.8) is 0 Å². The van der Waals surface area contributed by atoms with Crippen LogP contribution in [-0.4, -0.2) is 15.3 Å². The van der Waals surface area contributed by atoms with Crippen LogP contribution in [0.15, 0.2) is 24.3 Å². The van der Waals surface area contributed by atoms with Crippen LogP contribution in [0.2, 0.25) is 0 Å². The van der Waals surface area contributed by atoms with E-state index in [4.69, 9.17) is 0 Å². The fraction of sp³-hybridized carbons (Fsp3) is 0.429. The van der Waals surface area contributed by atoms with Gasteiger partial charge in [0.2, 0.25) is 0 Å². The van der Waals surface area contributed by atoms with Crippen LogP contribution in [0.5, 0.6) is 17.2 Å². The molecule has 0 aromatic heterocycles. The van der Waals surface area contributed by atoms with Crippen LogP contribution in [0.3, 0.4) is 0 Å². The highest BCUT2D eigenvalue weighted by Gasteiger charge is 2.24. The number of phenols is 3. The van der Waals surface area contributed by atoms with Crippen LogP contribution in [0, 0.1) is 6.92 Å². The van der Waals surface area contributed by atoms with E-state index in [9.17, 15) is 15.3 Å². The van der Waals surface area contributed by atoms with E-state index < -0.39 is 0 Å². The van der Waals surface area contributed by atoms with E-state index in [1.807, 2.05) is 31.2 Å². The Labute approximate surface area is 144 Å². The molecule has 0 aliphatic heterocycles. The molecule has 2 aromatic rings. The van der Waals surface area contributed by atoms with Crippen LogP contribution in [0.25, 0.3) is 11.1 Å². The van der Waals surface area contributed by atoms with Crippen molar-refractivity contribution in [3.05, 3.63) is 41.0 Å². The van der Waals surface area contributed by atoms with E-state index in [1.54, 1.807) is 0 Å². The normalized spacial score (nSPS) is 11.0. The SMILES string of the molecule is CCCCc1c(O)c(O)c(-c2ccccc2C)c(O)c1CCCC. The molecule has 0 saturated heterocycles. The zero-order valence-electron chi connectivity index (χ0n) is 14.9. The lowest BCUT2D eigenvalue weighted by molar-refractivity contribution is 0.391. The summed E-state index contributed by atoms with van der Waals surface area (Å²) in [5.41, 5.74) is 3.52. The average molecular weight is 328 g/mol. The van der Waals surface area contributed by atoms with Gasteiger partial charge in [-0.25, -0.2) is 0 Å². The second-order valence-electron chi connectivity index (χ2n) is 6.40. The van der Waals surface area contributed by atoms with E-state index in [-0.39, 0.29) is 17.2 Å². The molecule has 3 nitrogen and oxygen atoms in total. The highest BCUT2D eigenvalue weighted by atomic mass is 16.3. The molecule has 0 saturated carbocycles. The highest BCUT2D eigenvalue weighted by molar-refractivity contribution is 5.83. The van der Waals surface area contributed by atoms with Crippen LogP contribution >= 0.6 is 0 Å². The van der Waals surface area contributed by atoms with Gasteiger partial charge in [-0.3, -0.25) is 0 Å². The van der Waals surface area contributed by atoms with Crippen molar-refractivity contribution in [1.82, 2.24) is 0 Å². The molecule has 24 heavy (non-hydrogen) atoms. The van der Waals surface area contributed by atoms with Gasteiger partial charge in [0.1, 0.15) is 5.75 Å². The van der Waals surface area contributed by atoms with Gasteiger partial charge in [0.25, 0.3) is 0 Å². The lowest BCUT2D eigenvalue weighted by Gasteiger charge is -2.20. The van der Waals surface area contributed by atoms with E-state index in [0.717, 1.165) is 42.4 Å². The van der Waals surface area contributed by atoms with Crippen molar-refractivity contribution >= 4 is 0 Å². The Kier molecular flexibility index (Phi) is 6.13. The summed E-state index contributed by atoms with van der Waals surface area (Å²) < 4.78 is 0. The third-order valence-corrected chi connectivity index (χ3v) is 4.61. The predicted molar refractivity (Wildman–Crippen MR) is 98.8 cm³/mol. The number of hydrogen-bond acceptors (Lipinski definition) is 3. The summed E-state index contributed by atoms with van der Waals surface area (Å²) in [6.07, 6.45) is 5.21. The molecule has 0 aliphatic rings. The minimum atomic E-state index is -0.215. The standard InChI is InChI=1S/C21H28O3/c1-4-6-11-16-17(12-7-5-2)20(23)21(24)18(19(16)22)15-13-9-8-10-14(15)3/h8-10,13,22-24H,4-7,11-12H2,1-3H3. The van der Waals surface area contributed by atoms with Crippen LogP contribution in [0.4, 0.5) is 0 Å². The first-order chi connectivity index (χ1) is 11.5. The molecule has 3 N–H and O–H groups in total. The van der Waals surface area contributed by atoms with Crippen molar-refractivity contribution in [2.45, 2.75) is 59.3 Å². The van der Waals surface area contributed by atoms with Crippen molar-refractivity contribution < 1.29 is 15.3 Å². The van der Waals surface area contributed by atoms with Gasteiger partial charge in [-0.1, -0.05) is 51.0 Å². The molecule has 0 unspecified atom stereocenters. The van der Waals surface area contributed by atoms with Gasteiger partial charge in [-0.2, -0.15) is 0 Å². The number of hydrogen-bond donors (Lipinski definition) is 3. The van der Waals surface area contributed by atoms with Crippen molar-refractivity contribution in [3.8, 4) is 28.4 Å². The van der Waals surface area contributed by atoms with E-state index in [2.05, 4.69) is 13.8 Å². The lowest BCUT2D eigenvalue weighted by Crippen LogP contribution is -2.00. The largest absolute Gasteiger partial charge is 0.507 e. The highest BCUT2D eigenvalue weighted by Crippen LogP contribution is 2.49. The maximum absolute atomic E-state index is 10.9. The van der Waals surface area contributed by atoms with Gasteiger partial charge in [0.15, 0.2) is 11.5 Å². The Hall–Kier alpha value is -2.16. The monoisotopic (exact) mass is 328 g/mol. The van der Waals surface area contributed by atoms with Gasteiger partial charge >= 0.3 is 0 Å². The van der Waals surface area contributed by atoms with Gasteiger partial charge in [0.05, 0.1) is 5.56 Å².